The molecule has 0 aliphatic heterocycles. The Kier molecular flexibility index (Phi) is 5.80. The number of benzene rings is 1. The van der Waals surface area contributed by atoms with E-state index in [1.165, 1.54) is 0 Å². The van der Waals surface area contributed by atoms with Crippen LogP contribution in [0.25, 0.3) is 0 Å². The molecule has 4 nitrogen and oxygen atoms in total. The van der Waals surface area contributed by atoms with Crippen LogP contribution >= 0.6 is 0 Å². The van der Waals surface area contributed by atoms with Crippen LogP contribution in [0.1, 0.15) is 25.0 Å². The maximum atomic E-state index is 10.1. The monoisotopic (exact) mass is 239 g/mol. The van der Waals surface area contributed by atoms with Crippen LogP contribution in [0.4, 0.5) is 0 Å². The molecular formula is C13H21NO3. The highest BCUT2D eigenvalue weighted by Crippen LogP contribution is 2.34. The SMILES string of the molecule is CCCNCC(O)c1cccc(OC)c1OC. The Hall–Kier alpha value is -1.26. The Morgan fingerprint density at radius 3 is 2.65 bits per heavy atom. The lowest BCUT2D eigenvalue weighted by molar-refractivity contribution is 0.169. The molecule has 4 heteroatoms. The number of ether oxygens (including phenoxy) is 2. The second kappa shape index (κ2) is 7.14. The molecule has 0 bridgehead atoms. The van der Waals surface area contributed by atoms with Gasteiger partial charge in [-0.25, -0.2) is 0 Å². The summed E-state index contributed by atoms with van der Waals surface area (Å²) in [6.45, 7) is 3.49. The van der Waals surface area contributed by atoms with E-state index in [1.807, 2.05) is 18.2 Å². The van der Waals surface area contributed by atoms with Crippen LogP contribution in [0.2, 0.25) is 0 Å². The maximum absolute atomic E-state index is 10.1. The molecule has 17 heavy (non-hydrogen) atoms. The second-order valence-corrected chi connectivity index (χ2v) is 3.80. The number of aliphatic hydroxyl groups is 1. The Labute approximate surface area is 103 Å². The summed E-state index contributed by atoms with van der Waals surface area (Å²) in [6, 6.07) is 5.51. The first-order chi connectivity index (χ1) is 8.24. The third kappa shape index (κ3) is 3.61. The number of rotatable bonds is 7. The predicted octanol–water partition coefficient (Wildman–Crippen LogP) is 1.74. The third-order valence-electron chi connectivity index (χ3n) is 2.56. The second-order valence-electron chi connectivity index (χ2n) is 3.80. The zero-order valence-electron chi connectivity index (χ0n) is 10.7. The first-order valence-corrected chi connectivity index (χ1v) is 5.84. The van der Waals surface area contributed by atoms with Gasteiger partial charge in [-0.2, -0.15) is 0 Å². The minimum atomic E-state index is -0.591. The molecule has 2 N–H and O–H groups in total. The topological polar surface area (TPSA) is 50.7 Å². The van der Waals surface area contributed by atoms with Gasteiger partial charge in [0.25, 0.3) is 0 Å². The van der Waals surface area contributed by atoms with Crippen LogP contribution < -0.4 is 14.8 Å². The van der Waals surface area contributed by atoms with E-state index in [4.69, 9.17) is 9.47 Å². The zero-order chi connectivity index (χ0) is 12.7. The summed E-state index contributed by atoms with van der Waals surface area (Å²) in [5.74, 6) is 1.24. The van der Waals surface area contributed by atoms with Gasteiger partial charge in [0.05, 0.1) is 20.3 Å². The van der Waals surface area contributed by atoms with Gasteiger partial charge < -0.3 is 19.9 Å². The number of methoxy groups -OCH3 is 2. The van der Waals surface area contributed by atoms with Crippen molar-refractivity contribution in [1.29, 1.82) is 0 Å². The summed E-state index contributed by atoms with van der Waals surface area (Å²) >= 11 is 0. The summed E-state index contributed by atoms with van der Waals surface area (Å²) in [4.78, 5) is 0. The van der Waals surface area contributed by atoms with Gasteiger partial charge >= 0.3 is 0 Å². The molecule has 0 spiro atoms. The molecule has 0 saturated carbocycles. The molecule has 1 aromatic carbocycles. The smallest absolute Gasteiger partial charge is 0.166 e. The van der Waals surface area contributed by atoms with Crippen molar-refractivity contribution in [2.75, 3.05) is 27.3 Å². The van der Waals surface area contributed by atoms with Crippen LogP contribution in [-0.4, -0.2) is 32.4 Å². The quantitative estimate of drug-likeness (QED) is 0.712. The zero-order valence-corrected chi connectivity index (χ0v) is 10.7. The lowest BCUT2D eigenvalue weighted by Gasteiger charge is -2.17. The molecule has 0 heterocycles. The molecule has 1 atom stereocenters. The molecule has 0 amide bonds. The molecule has 0 saturated heterocycles. The molecule has 0 fully saturated rings. The normalized spacial score (nSPS) is 12.2. The van der Waals surface area contributed by atoms with Gasteiger partial charge in [-0.1, -0.05) is 19.1 Å². The third-order valence-corrected chi connectivity index (χ3v) is 2.56. The Balaban J connectivity index is 2.81. The van der Waals surface area contributed by atoms with Gasteiger partial charge in [0.15, 0.2) is 11.5 Å². The summed E-state index contributed by atoms with van der Waals surface area (Å²) in [6.07, 6.45) is 0.453. The highest BCUT2D eigenvalue weighted by molar-refractivity contribution is 5.47. The van der Waals surface area contributed by atoms with Gasteiger partial charge in [0.2, 0.25) is 0 Å². The Morgan fingerprint density at radius 2 is 2.06 bits per heavy atom. The summed E-state index contributed by atoms with van der Waals surface area (Å²) < 4.78 is 10.5. The molecule has 0 aromatic heterocycles. The summed E-state index contributed by atoms with van der Waals surface area (Å²) in [7, 11) is 3.16. The number of nitrogens with one attached hydrogen (secondary N) is 1. The molecule has 1 aromatic rings. The molecule has 96 valence electrons. The van der Waals surface area contributed by atoms with Crippen molar-refractivity contribution < 1.29 is 14.6 Å². The molecule has 0 radical (unpaired) electrons. The fourth-order valence-electron chi connectivity index (χ4n) is 1.70. The van der Waals surface area contributed by atoms with Crippen LogP contribution in [0.5, 0.6) is 11.5 Å². The Bertz CT molecular complexity index is 341. The van der Waals surface area contributed by atoms with Crippen molar-refractivity contribution in [3.63, 3.8) is 0 Å². The van der Waals surface area contributed by atoms with Gasteiger partial charge in [0.1, 0.15) is 0 Å². The van der Waals surface area contributed by atoms with Gasteiger partial charge in [-0.3, -0.25) is 0 Å². The van der Waals surface area contributed by atoms with E-state index in [1.54, 1.807) is 14.2 Å². The van der Waals surface area contributed by atoms with Crippen LogP contribution in [0.15, 0.2) is 18.2 Å². The summed E-state index contributed by atoms with van der Waals surface area (Å²) in [5, 5.41) is 13.3. The molecule has 0 aliphatic carbocycles. The molecular weight excluding hydrogens is 218 g/mol. The van der Waals surface area contributed by atoms with Crippen molar-refractivity contribution in [2.24, 2.45) is 0 Å². The van der Waals surface area contributed by atoms with Crippen molar-refractivity contribution in [3.8, 4) is 11.5 Å². The lowest BCUT2D eigenvalue weighted by atomic mass is 10.1. The minimum absolute atomic E-state index is 0.511. The maximum Gasteiger partial charge on any atom is 0.166 e. The highest BCUT2D eigenvalue weighted by Gasteiger charge is 2.16. The minimum Gasteiger partial charge on any atom is -0.493 e. The first-order valence-electron chi connectivity index (χ1n) is 5.84. The average Bonchev–Trinajstić information content (AvgIpc) is 2.37. The van der Waals surface area contributed by atoms with Crippen molar-refractivity contribution in [1.82, 2.24) is 5.32 Å². The van der Waals surface area contributed by atoms with E-state index < -0.39 is 6.10 Å². The number of hydrogen-bond acceptors (Lipinski definition) is 4. The number of aliphatic hydroxyl groups excluding tert-OH is 1. The predicted molar refractivity (Wildman–Crippen MR) is 67.7 cm³/mol. The van der Waals surface area contributed by atoms with Gasteiger partial charge in [-0.05, 0) is 19.0 Å². The first kappa shape index (κ1) is 13.8. The van der Waals surface area contributed by atoms with Crippen molar-refractivity contribution in [3.05, 3.63) is 23.8 Å². The highest BCUT2D eigenvalue weighted by atomic mass is 16.5. The summed E-state index contributed by atoms with van der Waals surface area (Å²) in [5.41, 5.74) is 0.746. The van der Waals surface area contributed by atoms with Crippen molar-refractivity contribution >= 4 is 0 Å². The molecule has 1 rings (SSSR count). The number of para-hydroxylation sites is 1. The number of hydrogen-bond donors (Lipinski definition) is 2. The fourth-order valence-corrected chi connectivity index (χ4v) is 1.70. The van der Waals surface area contributed by atoms with Gasteiger partial charge in [0, 0.05) is 12.1 Å². The average molecular weight is 239 g/mol. The largest absolute Gasteiger partial charge is 0.493 e. The molecule has 0 aliphatic rings. The van der Waals surface area contributed by atoms with E-state index in [0.717, 1.165) is 18.5 Å². The van der Waals surface area contributed by atoms with Gasteiger partial charge in [-0.15, -0.1) is 0 Å². The van der Waals surface area contributed by atoms with Crippen LogP contribution in [0.3, 0.4) is 0 Å². The molecule has 1 unspecified atom stereocenters. The van der Waals surface area contributed by atoms with E-state index in [-0.39, 0.29) is 0 Å². The van der Waals surface area contributed by atoms with Crippen molar-refractivity contribution in [2.45, 2.75) is 19.4 Å². The standard InChI is InChI=1S/C13H21NO3/c1-4-8-14-9-11(15)10-6-5-7-12(16-2)13(10)17-3/h5-7,11,14-15H,4,8-9H2,1-3H3. The van der Waals surface area contributed by atoms with Crippen LogP contribution in [0, 0.1) is 0 Å². The van der Waals surface area contributed by atoms with Crippen LogP contribution in [-0.2, 0) is 0 Å². The van der Waals surface area contributed by atoms with E-state index in [2.05, 4.69) is 12.2 Å². The van der Waals surface area contributed by atoms with E-state index >= 15 is 0 Å². The fraction of sp³-hybridized carbons (Fsp3) is 0.538. The lowest BCUT2D eigenvalue weighted by Crippen LogP contribution is -2.22. The Morgan fingerprint density at radius 1 is 1.29 bits per heavy atom. The van der Waals surface area contributed by atoms with E-state index in [9.17, 15) is 5.11 Å². The van der Waals surface area contributed by atoms with E-state index in [0.29, 0.717) is 18.0 Å².